The molecule has 6 heteroatoms. The summed E-state index contributed by atoms with van der Waals surface area (Å²) in [6.07, 6.45) is 0.979. The van der Waals surface area contributed by atoms with Crippen LogP contribution in [-0.2, 0) is 4.79 Å². The number of nitrogens with zero attached hydrogens (tertiary/aromatic N) is 1. The van der Waals surface area contributed by atoms with Crippen molar-refractivity contribution in [1.82, 2.24) is 0 Å². The van der Waals surface area contributed by atoms with Gasteiger partial charge >= 0.3 is 6.18 Å². The van der Waals surface area contributed by atoms with Crippen molar-refractivity contribution in [3.05, 3.63) is 34.4 Å². The van der Waals surface area contributed by atoms with Gasteiger partial charge in [0.05, 0.1) is 5.71 Å². The van der Waals surface area contributed by atoms with Crippen molar-refractivity contribution >= 4 is 27.5 Å². The fourth-order valence-electron chi connectivity index (χ4n) is 1.47. The average molecular weight is 292 g/mol. The minimum Gasteiger partial charge on any atom is -0.267 e. The molecule has 0 aromatic carbocycles. The molecular weight excluding hydrogens is 287 g/mol. The average Bonchev–Trinajstić information content (AvgIpc) is 2.14. The summed E-state index contributed by atoms with van der Waals surface area (Å²) < 4.78 is 37.9. The molecule has 0 fully saturated rings. The molecule has 1 atom stereocenters. The molecule has 0 N–H and O–H groups in total. The number of carbonyl (C=O) groups excluding carboxylic acids is 1. The van der Waals surface area contributed by atoms with Gasteiger partial charge in [0.1, 0.15) is 5.57 Å². The van der Waals surface area contributed by atoms with Crippen molar-refractivity contribution in [1.29, 1.82) is 0 Å². The van der Waals surface area contributed by atoms with Crippen LogP contribution in [0, 0.1) is 5.92 Å². The Bertz CT molecular complexity index is 471. The van der Waals surface area contributed by atoms with Gasteiger partial charge in [0.25, 0.3) is 5.91 Å². The van der Waals surface area contributed by atoms with Crippen molar-refractivity contribution in [2.45, 2.75) is 6.18 Å². The fourth-order valence-corrected chi connectivity index (χ4v) is 1.86. The molecule has 0 spiro atoms. The molecule has 16 heavy (non-hydrogen) atoms. The van der Waals surface area contributed by atoms with Crippen LogP contribution in [-0.4, -0.2) is 17.8 Å². The number of fused-ring (bicyclic) bond motifs is 1. The van der Waals surface area contributed by atoms with Crippen LogP contribution in [0.4, 0.5) is 13.2 Å². The Kier molecular flexibility index (Phi) is 2.61. The first kappa shape index (κ1) is 11.3. The summed E-state index contributed by atoms with van der Waals surface area (Å²) in [5.41, 5.74) is -0.871. The quantitative estimate of drug-likeness (QED) is 0.675. The lowest BCUT2D eigenvalue weighted by atomic mass is 9.93. The summed E-state index contributed by atoms with van der Waals surface area (Å²) in [5.74, 6) is -1.80. The second-order valence-electron chi connectivity index (χ2n) is 3.33. The lowest BCUT2D eigenvalue weighted by Crippen LogP contribution is -2.27. The third-order valence-electron chi connectivity index (χ3n) is 2.20. The van der Waals surface area contributed by atoms with E-state index in [0.717, 1.165) is 6.08 Å². The van der Waals surface area contributed by atoms with E-state index < -0.39 is 23.6 Å². The Balaban J connectivity index is 2.40. The maximum Gasteiger partial charge on any atom is 0.421 e. The van der Waals surface area contributed by atoms with Gasteiger partial charge in [0, 0.05) is 10.4 Å². The molecule has 2 rings (SSSR count). The summed E-state index contributed by atoms with van der Waals surface area (Å²) in [6, 6.07) is 0. The molecule has 0 aromatic rings. The normalized spacial score (nSPS) is 24.6. The Labute approximate surface area is 97.4 Å². The van der Waals surface area contributed by atoms with Crippen molar-refractivity contribution in [3.63, 3.8) is 0 Å². The molecule has 1 amide bonds. The highest BCUT2D eigenvalue weighted by atomic mass is 79.9. The smallest absolute Gasteiger partial charge is 0.267 e. The second-order valence-corrected chi connectivity index (χ2v) is 4.25. The molecule has 2 nitrogen and oxygen atoms in total. The molecule has 2 aliphatic rings. The van der Waals surface area contributed by atoms with E-state index >= 15 is 0 Å². The third-order valence-corrected chi connectivity index (χ3v) is 2.70. The molecule has 84 valence electrons. The van der Waals surface area contributed by atoms with Crippen LogP contribution in [0.2, 0.25) is 0 Å². The van der Waals surface area contributed by atoms with E-state index in [4.69, 9.17) is 0 Å². The van der Waals surface area contributed by atoms with E-state index in [9.17, 15) is 18.0 Å². The fraction of sp³-hybridized carbons (Fsp3) is 0.200. The third kappa shape index (κ3) is 2.02. The summed E-state index contributed by atoms with van der Waals surface area (Å²) in [4.78, 5) is 14.6. The van der Waals surface area contributed by atoms with Gasteiger partial charge < -0.3 is 0 Å². The van der Waals surface area contributed by atoms with E-state index in [1.165, 1.54) is 6.08 Å². The molecule has 0 saturated carbocycles. The number of aliphatic imine (C=N–C) groups is 1. The minimum absolute atomic E-state index is 0.326. The summed E-state index contributed by atoms with van der Waals surface area (Å²) in [5, 5.41) is 0. The maximum atomic E-state index is 12.4. The van der Waals surface area contributed by atoms with Gasteiger partial charge in [0.2, 0.25) is 0 Å². The molecule has 1 aliphatic carbocycles. The number of carbonyl (C=O) groups is 1. The largest absolute Gasteiger partial charge is 0.421 e. The Morgan fingerprint density at radius 3 is 2.69 bits per heavy atom. The molecule has 0 aromatic heterocycles. The number of hydrogen-bond acceptors (Lipinski definition) is 1. The molecule has 0 saturated heterocycles. The van der Waals surface area contributed by atoms with Crippen molar-refractivity contribution < 1.29 is 18.0 Å². The highest BCUT2D eigenvalue weighted by Crippen LogP contribution is 2.32. The van der Waals surface area contributed by atoms with Gasteiger partial charge in [0.15, 0.2) is 0 Å². The number of halogens is 4. The van der Waals surface area contributed by atoms with E-state index in [2.05, 4.69) is 20.9 Å². The van der Waals surface area contributed by atoms with Gasteiger partial charge in [-0.1, -0.05) is 34.2 Å². The SMILES string of the molecule is O=C1N=C2C=C(Br)C=CC2C=C1C(F)(F)F. The zero-order valence-corrected chi connectivity index (χ0v) is 9.34. The predicted octanol–water partition coefficient (Wildman–Crippen LogP) is 2.92. The van der Waals surface area contributed by atoms with Crippen LogP contribution in [0.15, 0.2) is 39.4 Å². The zero-order valence-electron chi connectivity index (χ0n) is 7.75. The van der Waals surface area contributed by atoms with Gasteiger partial charge in [-0.2, -0.15) is 13.2 Å². The Morgan fingerprint density at radius 2 is 2.06 bits per heavy atom. The molecule has 0 bridgehead atoms. The van der Waals surface area contributed by atoms with Crippen LogP contribution < -0.4 is 0 Å². The number of dihydropyridines is 1. The van der Waals surface area contributed by atoms with Gasteiger partial charge in [-0.25, -0.2) is 4.99 Å². The second kappa shape index (κ2) is 3.69. The number of hydrogen-bond donors (Lipinski definition) is 0. The van der Waals surface area contributed by atoms with Gasteiger partial charge in [-0.3, -0.25) is 4.79 Å². The van der Waals surface area contributed by atoms with E-state index in [1.807, 2.05) is 0 Å². The minimum atomic E-state index is -4.64. The summed E-state index contributed by atoms with van der Waals surface area (Å²) >= 11 is 3.16. The van der Waals surface area contributed by atoms with E-state index in [0.29, 0.717) is 10.2 Å². The van der Waals surface area contributed by atoms with Gasteiger partial charge in [-0.05, 0) is 6.08 Å². The first-order valence-corrected chi connectivity index (χ1v) is 5.14. The summed E-state index contributed by atoms with van der Waals surface area (Å²) in [6.45, 7) is 0. The van der Waals surface area contributed by atoms with Crippen molar-refractivity contribution in [2.75, 3.05) is 0 Å². The first-order chi connectivity index (χ1) is 7.38. The molecule has 1 heterocycles. The lowest BCUT2D eigenvalue weighted by Gasteiger charge is -2.20. The van der Waals surface area contributed by atoms with Crippen LogP contribution in [0.1, 0.15) is 0 Å². The molecule has 1 aliphatic heterocycles. The van der Waals surface area contributed by atoms with Crippen LogP contribution in [0.25, 0.3) is 0 Å². The molecule has 0 radical (unpaired) electrons. The number of allylic oxidation sites excluding steroid dienone is 5. The number of alkyl halides is 3. The van der Waals surface area contributed by atoms with E-state index in [1.54, 1.807) is 12.2 Å². The highest BCUT2D eigenvalue weighted by molar-refractivity contribution is 9.11. The zero-order chi connectivity index (χ0) is 11.9. The maximum absolute atomic E-state index is 12.4. The topological polar surface area (TPSA) is 29.4 Å². The van der Waals surface area contributed by atoms with E-state index in [-0.39, 0.29) is 0 Å². The van der Waals surface area contributed by atoms with Crippen LogP contribution >= 0.6 is 15.9 Å². The molecular formula is C10H5BrF3NO. The highest BCUT2D eigenvalue weighted by Gasteiger charge is 2.41. The van der Waals surface area contributed by atoms with Crippen LogP contribution in [0.3, 0.4) is 0 Å². The van der Waals surface area contributed by atoms with Crippen molar-refractivity contribution in [2.24, 2.45) is 10.9 Å². The summed E-state index contributed by atoms with van der Waals surface area (Å²) in [7, 11) is 0. The number of rotatable bonds is 0. The Hall–Kier alpha value is -1.17. The molecule has 1 unspecified atom stereocenters. The van der Waals surface area contributed by atoms with Crippen molar-refractivity contribution in [3.8, 4) is 0 Å². The van der Waals surface area contributed by atoms with Gasteiger partial charge in [-0.15, -0.1) is 0 Å². The lowest BCUT2D eigenvalue weighted by molar-refractivity contribution is -0.128. The van der Waals surface area contributed by atoms with Crippen LogP contribution in [0.5, 0.6) is 0 Å². The monoisotopic (exact) mass is 291 g/mol. The standard InChI is InChI=1S/C10H5BrF3NO/c11-6-2-1-5-3-7(10(12,13)14)9(16)15-8(5)4-6/h1-5H. The first-order valence-electron chi connectivity index (χ1n) is 4.35. The Morgan fingerprint density at radius 1 is 1.38 bits per heavy atom. The number of amides is 1. The predicted molar refractivity (Wildman–Crippen MR) is 56.2 cm³/mol.